The summed E-state index contributed by atoms with van der Waals surface area (Å²) in [7, 11) is -4.11. The number of nitrogens with one attached hydrogen (secondary N) is 1. The molecule has 0 saturated carbocycles. The van der Waals surface area contributed by atoms with Crippen molar-refractivity contribution in [3.8, 4) is 5.75 Å². The molecule has 4 rings (SSSR count). The number of amidine groups is 1. The molecular formula is C32H37ClN4O5S. The standard InChI is InChI=1S/C32H37ClN4O5S/c1-2-41-31(38)23-43(39,40)37(17-7-11-24-10-6-12-26(20-24)32(34)35)27-13-14-30(29(33)21-27)42-28-15-18-36(19-16-28)22-25-8-4-3-5-9-25/h3-14,20-21,28H,2,15-19,22-23H2,1H3,(H3,34,35)/b11-7+. The summed E-state index contributed by atoms with van der Waals surface area (Å²) in [4.78, 5) is 14.5. The lowest BCUT2D eigenvalue weighted by molar-refractivity contribution is -0.139. The molecule has 1 fully saturated rings. The van der Waals surface area contributed by atoms with Crippen molar-refractivity contribution >= 4 is 45.2 Å². The predicted molar refractivity (Wildman–Crippen MR) is 171 cm³/mol. The smallest absolute Gasteiger partial charge is 0.323 e. The molecule has 228 valence electrons. The molecule has 0 atom stereocenters. The van der Waals surface area contributed by atoms with E-state index in [-0.39, 0.29) is 30.1 Å². The highest BCUT2D eigenvalue weighted by molar-refractivity contribution is 7.93. The largest absolute Gasteiger partial charge is 0.489 e. The normalized spacial score (nSPS) is 14.5. The molecule has 0 unspecified atom stereocenters. The van der Waals surface area contributed by atoms with Crippen molar-refractivity contribution in [1.82, 2.24) is 4.90 Å². The number of nitrogen functional groups attached to an aromatic ring is 1. The van der Waals surface area contributed by atoms with Crippen LogP contribution in [-0.2, 0) is 26.1 Å². The minimum absolute atomic E-state index is 0.00674. The van der Waals surface area contributed by atoms with Gasteiger partial charge in [-0.3, -0.25) is 19.4 Å². The summed E-state index contributed by atoms with van der Waals surface area (Å²) in [6.45, 7) is 4.32. The third-order valence-corrected chi connectivity index (χ3v) is 8.93. The van der Waals surface area contributed by atoms with Gasteiger partial charge >= 0.3 is 5.97 Å². The number of likely N-dealkylation sites (tertiary alicyclic amines) is 1. The number of rotatable bonds is 13. The van der Waals surface area contributed by atoms with Crippen molar-refractivity contribution in [3.63, 3.8) is 0 Å². The topological polar surface area (TPSA) is 126 Å². The van der Waals surface area contributed by atoms with Crippen LogP contribution in [0.1, 0.15) is 36.5 Å². The van der Waals surface area contributed by atoms with Gasteiger partial charge in [-0.2, -0.15) is 0 Å². The van der Waals surface area contributed by atoms with Crippen molar-refractivity contribution in [2.45, 2.75) is 32.4 Å². The first-order valence-corrected chi connectivity index (χ1v) is 16.1. The number of nitrogens with two attached hydrogens (primary N) is 1. The van der Waals surface area contributed by atoms with Gasteiger partial charge in [-0.15, -0.1) is 0 Å². The van der Waals surface area contributed by atoms with Gasteiger partial charge in [0.05, 0.1) is 23.9 Å². The molecular weight excluding hydrogens is 588 g/mol. The van der Waals surface area contributed by atoms with Crippen LogP contribution in [0.4, 0.5) is 5.69 Å². The molecule has 0 radical (unpaired) electrons. The molecule has 0 spiro atoms. The van der Waals surface area contributed by atoms with E-state index in [2.05, 4.69) is 17.0 Å². The van der Waals surface area contributed by atoms with Crippen molar-refractivity contribution < 1.29 is 22.7 Å². The number of sulfonamides is 1. The van der Waals surface area contributed by atoms with E-state index in [9.17, 15) is 13.2 Å². The fourth-order valence-electron chi connectivity index (χ4n) is 4.85. The molecule has 1 heterocycles. The number of hydrogen-bond acceptors (Lipinski definition) is 7. The zero-order valence-electron chi connectivity index (χ0n) is 24.1. The van der Waals surface area contributed by atoms with Crippen LogP contribution in [0.25, 0.3) is 6.08 Å². The van der Waals surface area contributed by atoms with Crippen molar-refractivity contribution in [2.24, 2.45) is 5.73 Å². The van der Waals surface area contributed by atoms with Crippen LogP contribution in [0.3, 0.4) is 0 Å². The quantitative estimate of drug-likeness (QED) is 0.154. The lowest BCUT2D eigenvalue weighted by Gasteiger charge is -2.32. The average Bonchev–Trinajstić information content (AvgIpc) is 2.98. The number of halogens is 1. The first-order valence-electron chi connectivity index (χ1n) is 14.1. The first kappa shape index (κ1) is 32.1. The Morgan fingerprint density at radius 1 is 1.09 bits per heavy atom. The van der Waals surface area contributed by atoms with Crippen LogP contribution in [0.2, 0.25) is 5.02 Å². The maximum absolute atomic E-state index is 13.3. The maximum atomic E-state index is 13.3. The zero-order chi connectivity index (χ0) is 30.8. The van der Waals surface area contributed by atoms with Gasteiger partial charge < -0.3 is 15.2 Å². The monoisotopic (exact) mass is 624 g/mol. The Morgan fingerprint density at radius 2 is 1.84 bits per heavy atom. The lowest BCUT2D eigenvalue weighted by Crippen LogP contribution is -2.38. The second-order valence-electron chi connectivity index (χ2n) is 10.2. The molecule has 1 aliphatic rings. The highest BCUT2D eigenvalue weighted by Crippen LogP contribution is 2.33. The molecule has 0 aromatic heterocycles. The Morgan fingerprint density at radius 3 is 2.51 bits per heavy atom. The Labute approximate surface area is 258 Å². The number of benzene rings is 3. The second-order valence-corrected chi connectivity index (χ2v) is 12.5. The van der Waals surface area contributed by atoms with Gasteiger partial charge in [-0.25, -0.2) is 8.42 Å². The number of esters is 1. The molecule has 3 aromatic rings. The molecule has 0 aliphatic carbocycles. The summed E-state index contributed by atoms with van der Waals surface area (Å²) >= 11 is 6.61. The van der Waals surface area contributed by atoms with Gasteiger partial charge in [0.15, 0.2) is 5.75 Å². The summed E-state index contributed by atoms with van der Waals surface area (Å²) in [5, 5.41) is 7.91. The van der Waals surface area contributed by atoms with Gasteiger partial charge in [0.1, 0.15) is 17.7 Å². The van der Waals surface area contributed by atoms with E-state index in [1.807, 2.05) is 24.3 Å². The van der Waals surface area contributed by atoms with Gasteiger partial charge in [0.25, 0.3) is 0 Å². The lowest BCUT2D eigenvalue weighted by atomic mass is 10.1. The number of nitrogens with zero attached hydrogens (tertiary/aromatic N) is 2. The molecule has 0 bridgehead atoms. The molecule has 3 aromatic carbocycles. The number of anilines is 1. The van der Waals surface area contributed by atoms with Crippen LogP contribution < -0.4 is 14.8 Å². The summed E-state index contributed by atoms with van der Waals surface area (Å²) in [6, 6.07) is 22.2. The Kier molecular flexibility index (Phi) is 11.2. The summed E-state index contributed by atoms with van der Waals surface area (Å²) in [5.74, 6) is -1.24. The predicted octanol–water partition coefficient (Wildman–Crippen LogP) is 5.08. The van der Waals surface area contributed by atoms with E-state index in [4.69, 9.17) is 32.2 Å². The molecule has 9 nitrogen and oxygen atoms in total. The van der Waals surface area contributed by atoms with Crippen LogP contribution in [0, 0.1) is 5.41 Å². The Balaban J connectivity index is 1.46. The van der Waals surface area contributed by atoms with E-state index < -0.39 is 21.7 Å². The van der Waals surface area contributed by atoms with Crippen LogP contribution in [-0.4, -0.2) is 63.2 Å². The maximum Gasteiger partial charge on any atom is 0.323 e. The van der Waals surface area contributed by atoms with E-state index in [0.29, 0.717) is 17.0 Å². The zero-order valence-corrected chi connectivity index (χ0v) is 25.7. The van der Waals surface area contributed by atoms with Crippen LogP contribution in [0.5, 0.6) is 5.75 Å². The number of hydrogen-bond donors (Lipinski definition) is 2. The Hall–Kier alpha value is -3.86. The van der Waals surface area contributed by atoms with E-state index in [1.165, 1.54) is 11.6 Å². The first-order chi connectivity index (χ1) is 20.6. The molecule has 1 aliphatic heterocycles. The Bertz CT molecular complexity index is 1540. The fraction of sp³-hybridized carbons (Fsp3) is 0.312. The summed E-state index contributed by atoms with van der Waals surface area (Å²) in [6.07, 6.45) is 5.07. The molecule has 43 heavy (non-hydrogen) atoms. The molecule has 0 amide bonds. The van der Waals surface area contributed by atoms with E-state index in [0.717, 1.165) is 42.3 Å². The third-order valence-electron chi connectivity index (χ3n) is 7.00. The fourth-order valence-corrected chi connectivity index (χ4v) is 6.35. The minimum atomic E-state index is -4.11. The number of piperidine rings is 1. The highest BCUT2D eigenvalue weighted by Gasteiger charge is 2.27. The third kappa shape index (κ3) is 9.31. The van der Waals surface area contributed by atoms with Gasteiger partial charge in [0, 0.05) is 25.2 Å². The van der Waals surface area contributed by atoms with Crippen LogP contribution in [0.15, 0.2) is 78.9 Å². The average molecular weight is 625 g/mol. The van der Waals surface area contributed by atoms with Crippen LogP contribution >= 0.6 is 11.6 Å². The number of carbonyl (C=O) groups is 1. The van der Waals surface area contributed by atoms with Gasteiger partial charge in [0.2, 0.25) is 10.0 Å². The second kappa shape index (κ2) is 15.0. The number of carbonyl (C=O) groups excluding carboxylic acids is 1. The van der Waals surface area contributed by atoms with Crippen molar-refractivity contribution in [1.29, 1.82) is 5.41 Å². The highest BCUT2D eigenvalue weighted by atomic mass is 35.5. The summed E-state index contributed by atoms with van der Waals surface area (Å²) in [5.41, 5.74) is 8.46. The molecule has 3 N–H and O–H groups in total. The minimum Gasteiger partial charge on any atom is -0.489 e. The summed E-state index contributed by atoms with van der Waals surface area (Å²) < 4.78 is 38.9. The van der Waals surface area contributed by atoms with Gasteiger partial charge in [-0.05, 0) is 55.2 Å². The van der Waals surface area contributed by atoms with Crippen molar-refractivity contribution in [3.05, 3.63) is 101 Å². The number of ether oxygens (including phenoxy) is 2. The molecule has 11 heteroatoms. The van der Waals surface area contributed by atoms with E-state index in [1.54, 1.807) is 49.4 Å². The van der Waals surface area contributed by atoms with Crippen molar-refractivity contribution in [2.75, 3.05) is 36.3 Å². The SMILES string of the molecule is CCOC(=O)CS(=O)(=O)N(C/C=C/c1cccc(C(=N)N)c1)c1ccc(OC2CCN(Cc3ccccc3)CC2)c(Cl)c1. The molecule has 1 saturated heterocycles. The van der Waals surface area contributed by atoms with E-state index >= 15 is 0 Å². The van der Waals surface area contributed by atoms with Gasteiger partial charge in [-0.1, -0.05) is 72.3 Å².